The predicted molar refractivity (Wildman–Crippen MR) is 59.6 cm³/mol. The Hall–Kier alpha value is -0.940. The highest BCUT2D eigenvalue weighted by molar-refractivity contribution is 9.10. The second-order valence-corrected chi connectivity index (χ2v) is 4.21. The van der Waals surface area contributed by atoms with Crippen molar-refractivity contribution in [2.45, 2.75) is 6.10 Å². The van der Waals surface area contributed by atoms with E-state index in [9.17, 15) is 5.11 Å². The lowest BCUT2D eigenvalue weighted by molar-refractivity contribution is 0.140. The van der Waals surface area contributed by atoms with E-state index in [0.29, 0.717) is 11.5 Å². The summed E-state index contributed by atoms with van der Waals surface area (Å²) in [6.07, 6.45) is 0.204. The third-order valence-electron chi connectivity index (χ3n) is 2.27. The Bertz CT molecular complexity index is 366. The fourth-order valence-electron chi connectivity index (χ4n) is 1.30. The lowest BCUT2D eigenvalue weighted by atomic mass is 10.2. The first-order valence-electron chi connectivity index (χ1n) is 4.64. The summed E-state index contributed by atoms with van der Waals surface area (Å²) in [6, 6.07) is 3.25. The van der Waals surface area contributed by atoms with Crippen LogP contribution >= 0.6 is 15.9 Å². The smallest absolute Gasteiger partial charge is 0.164 e. The second kappa shape index (κ2) is 4.28. The molecule has 0 aliphatic carbocycles. The highest BCUT2D eigenvalue weighted by Crippen LogP contribution is 2.37. The van der Waals surface area contributed by atoms with Crippen LogP contribution in [-0.4, -0.2) is 31.4 Å². The maximum atomic E-state index is 9.50. The topological polar surface area (TPSA) is 50.7 Å². The van der Waals surface area contributed by atoms with Crippen molar-refractivity contribution in [2.24, 2.45) is 0 Å². The van der Waals surface area contributed by atoms with Crippen LogP contribution in [0.2, 0.25) is 0 Å². The molecule has 0 radical (unpaired) electrons. The standard InChI is InChI=1S/C10H12BrNO3/c1-14-10-3-9(7(11)2-8(10)13)15-6-4-12-5-6/h2-3,6,12-13H,4-5H2,1H3. The van der Waals surface area contributed by atoms with E-state index in [1.807, 2.05) is 0 Å². The molecule has 1 aliphatic heterocycles. The summed E-state index contributed by atoms with van der Waals surface area (Å²) in [4.78, 5) is 0. The van der Waals surface area contributed by atoms with Crippen LogP contribution in [0, 0.1) is 0 Å². The van der Waals surface area contributed by atoms with Gasteiger partial charge in [0.15, 0.2) is 11.5 Å². The molecule has 0 spiro atoms. The van der Waals surface area contributed by atoms with Crippen LogP contribution in [0.5, 0.6) is 17.2 Å². The van der Waals surface area contributed by atoms with E-state index in [4.69, 9.17) is 9.47 Å². The van der Waals surface area contributed by atoms with Crippen LogP contribution in [-0.2, 0) is 0 Å². The summed E-state index contributed by atoms with van der Waals surface area (Å²) < 4.78 is 11.4. The number of benzene rings is 1. The Morgan fingerprint density at radius 2 is 2.13 bits per heavy atom. The van der Waals surface area contributed by atoms with E-state index >= 15 is 0 Å². The average molecular weight is 274 g/mol. The van der Waals surface area contributed by atoms with Gasteiger partial charge in [0.2, 0.25) is 0 Å². The van der Waals surface area contributed by atoms with Crippen molar-refractivity contribution in [3.8, 4) is 17.2 Å². The summed E-state index contributed by atoms with van der Waals surface area (Å²) in [7, 11) is 1.51. The van der Waals surface area contributed by atoms with Gasteiger partial charge in [-0.05, 0) is 15.9 Å². The average Bonchev–Trinajstić information content (AvgIpc) is 2.14. The zero-order valence-corrected chi connectivity index (χ0v) is 9.87. The third kappa shape index (κ3) is 2.18. The lowest BCUT2D eigenvalue weighted by Crippen LogP contribution is -2.50. The van der Waals surface area contributed by atoms with Gasteiger partial charge in [-0.15, -0.1) is 0 Å². The van der Waals surface area contributed by atoms with Crippen LogP contribution in [0.15, 0.2) is 16.6 Å². The fraction of sp³-hybridized carbons (Fsp3) is 0.400. The van der Waals surface area contributed by atoms with Crippen molar-refractivity contribution in [3.63, 3.8) is 0 Å². The first kappa shape index (κ1) is 10.6. The summed E-state index contributed by atoms with van der Waals surface area (Å²) >= 11 is 3.33. The van der Waals surface area contributed by atoms with Gasteiger partial charge in [-0.2, -0.15) is 0 Å². The molecule has 15 heavy (non-hydrogen) atoms. The fourth-order valence-corrected chi connectivity index (χ4v) is 1.73. The number of ether oxygens (including phenoxy) is 2. The maximum absolute atomic E-state index is 9.50. The molecule has 0 atom stereocenters. The summed E-state index contributed by atoms with van der Waals surface area (Å²) in [5, 5.41) is 12.6. The minimum absolute atomic E-state index is 0.100. The van der Waals surface area contributed by atoms with Crippen LogP contribution in [0.25, 0.3) is 0 Å². The minimum Gasteiger partial charge on any atom is -0.504 e. The number of hydrogen-bond donors (Lipinski definition) is 2. The van der Waals surface area contributed by atoms with Crippen LogP contribution < -0.4 is 14.8 Å². The molecule has 82 valence electrons. The highest BCUT2D eigenvalue weighted by atomic mass is 79.9. The van der Waals surface area contributed by atoms with Crippen LogP contribution in [0.3, 0.4) is 0 Å². The van der Waals surface area contributed by atoms with E-state index in [-0.39, 0.29) is 11.9 Å². The van der Waals surface area contributed by atoms with Gasteiger partial charge in [0.25, 0.3) is 0 Å². The molecule has 5 heteroatoms. The first-order valence-corrected chi connectivity index (χ1v) is 5.44. The predicted octanol–water partition coefficient (Wildman–Crippen LogP) is 1.51. The van der Waals surface area contributed by atoms with E-state index in [1.165, 1.54) is 7.11 Å². The monoisotopic (exact) mass is 273 g/mol. The number of halogens is 1. The Kier molecular flexibility index (Phi) is 3.02. The molecule has 1 aromatic carbocycles. The SMILES string of the molecule is COc1cc(OC2CNC2)c(Br)cc1O. The molecule has 0 bridgehead atoms. The summed E-state index contributed by atoms with van der Waals surface area (Å²) in [6.45, 7) is 1.71. The summed E-state index contributed by atoms with van der Waals surface area (Å²) in [5.74, 6) is 1.21. The largest absolute Gasteiger partial charge is 0.504 e. The van der Waals surface area contributed by atoms with E-state index in [2.05, 4.69) is 21.2 Å². The molecule has 1 heterocycles. The number of aromatic hydroxyl groups is 1. The van der Waals surface area contributed by atoms with Gasteiger partial charge in [-0.25, -0.2) is 0 Å². The van der Waals surface area contributed by atoms with Crippen molar-refractivity contribution in [1.29, 1.82) is 0 Å². The Morgan fingerprint density at radius 1 is 1.40 bits per heavy atom. The molecule has 1 saturated heterocycles. The van der Waals surface area contributed by atoms with Gasteiger partial charge in [-0.3, -0.25) is 0 Å². The highest BCUT2D eigenvalue weighted by Gasteiger charge is 2.20. The van der Waals surface area contributed by atoms with Gasteiger partial charge >= 0.3 is 0 Å². The van der Waals surface area contributed by atoms with Gasteiger partial charge in [-0.1, -0.05) is 0 Å². The molecular formula is C10H12BrNO3. The van der Waals surface area contributed by atoms with Crippen molar-refractivity contribution in [2.75, 3.05) is 20.2 Å². The first-order chi connectivity index (χ1) is 7.20. The van der Waals surface area contributed by atoms with Crippen molar-refractivity contribution in [1.82, 2.24) is 5.32 Å². The molecule has 0 amide bonds. The Morgan fingerprint density at radius 3 is 2.67 bits per heavy atom. The molecule has 4 nitrogen and oxygen atoms in total. The number of methoxy groups -OCH3 is 1. The van der Waals surface area contributed by atoms with Gasteiger partial charge in [0.05, 0.1) is 11.6 Å². The van der Waals surface area contributed by atoms with Crippen LogP contribution in [0.1, 0.15) is 0 Å². The van der Waals surface area contributed by atoms with Crippen molar-refractivity contribution < 1.29 is 14.6 Å². The third-order valence-corrected chi connectivity index (χ3v) is 2.89. The molecule has 0 aromatic heterocycles. The van der Waals surface area contributed by atoms with E-state index in [0.717, 1.165) is 17.6 Å². The molecule has 1 aliphatic rings. The van der Waals surface area contributed by atoms with Crippen molar-refractivity contribution >= 4 is 15.9 Å². The minimum atomic E-state index is 0.100. The number of phenolic OH excluding ortho intramolecular Hbond substituents is 1. The second-order valence-electron chi connectivity index (χ2n) is 3.35. The van der Waals surface area contributed by atoms with Gasteiger partial charge < -0.3 is 19.9 Å². The number of rotatable bonds is 3. The molecular weight excluding hydrogens is 262 g/mol. The Balaban J connectivity index is 2.21. The Labute approximate surface area is 96.3 Å². The molecule has 1 fully saturated rings. The molecule has 1 aromatic rings. The molecule has 0 saturated carbocycles. The van der Waals surface area contributed by atoms with Crippen LogP contribution in [0.4, 0.5) is 0 Å². The van der Waals surface area contributed by atoms with Crippen molar-refractivity contribution in [3.05, 3.63) is 16.6 Å². The molecule has 2 N–H and O–H groups in total. The maximum Gasteiger partial charge on any atom is 0.164 e. The van der Waals surface area contributed by atoms with E-state index in [1.54, 1.807) is 12.1 Å². The summed E-state index contributed by atoms with van der Waals surface area (Å²) in [5.41, 5.74) is 0. The zero-order chi connectivity index (χ0) is 10.8. The van der Waals surface area contributed by atoms with Gasteiger partial charge in [0.1, 0.15) is 11.9 Å². The molecule has 0 unspecified atom stereocenters. The van der Waals surface area contributed by atoms with Gasteiger partial charge in [0, 0.05) is 25.2 Å². The van der Waals surface area contributed by atoms with E-state index < -0.39 is 0 Å². The zero-order valence-electron chi connectivity index (χ0n) is 8.29. The number of nitrogens with one attached hydrogen (secondary N) is 1. The quantitative estimate of drug-likeness (QED) is 0.877. The number of phenols is 1. The lowest BCUT2D eigenvalue weighted by Gasteiger charge is -2.28. The number of hydrogen-bond acceptors (Lipinski definition) is 4. The normalized spacial score (nSPS) is 15.9. The molecule has 2 rings (SSSR count).